The lowest BCUT2D eigenvalue weighted by Crippen LogP contribution is -2.10. The molecule has 0 aliphatic carbocycles. The van der Waals surface area contributed by atoms with E-state index in [1.165, 1.54) is 11.1 Å². The van der Waals surface area contributed by atoms with E-state index >= 15 is 0 Å². The summed E-state index contributed by atoms with van der Waals surface area (Å²) in [6.07, 6.45) is 0. The largest absolute Gasteiger partial charge is 0.456 e. The van der Waals surface area contributed by atoms with Crippen LogP contribution in [-0.2, 0) is 0 Å². The van der Waals surface area contributed by atoms with Gasteiger partial charge in [0, 0.05) is 122 Å². The number of hydrogen-bond acceptors (Lipinski definition) is 6. The second kappa shape index (κ2) is 28.0. The van der Waals surface area contributed by atoms with Crippen LogP contribution in [0.4, 0.5) is 34.1 Å². The summed E-state index contributed by atoms with van der Waals surface area (Å²) >= 11 is 0. The van der Waals surface area contributed by atoms with Crippen LogP contribution in [0.3, 0.4) is 0 Å². The molecule has 28 rings (SSSR count). The molecule has 20 aromatic carbocycles. The van der Waals surface area contributed by atoms with Crippen molar-refractivity contribution in [2.75, 3.05) is 9.80 Å². The number of fused-ring (bicyclic) bond motifs is 28. The highest BCUT2D eigenvalue weighted by molar-refractivity contribution is 6.31. The van der Waals surface area contributed by atoms with Crippen molar-refractivity contribution in [3.05, 3.63) is 437 Å². The number of aromatic nitrogens is 4. The van der Waals surface area contributed by atoms with E-state index < -0.39 is 0 Å². The zero-order valence-electron chi connectivity index (χ0n) is 69.9. The fourth-order valence-corrected chi connectivity index (χ4v) is 21.3. The van der Waals surface area contributed by atoms with E-state index in [0.717, 1.165) is 254 Å². The number of benzene rings is 20. The summed E-state index contributed by atoms with van der Waals surface area (Å²) in [5, 5.41) is 17.1. The predicted octanol–water partition coefficient (Wildman–Crippen LogP) is 33.6. The molecule has 8 heterocycles. The maximum atomic E-state index is 7.68. The summed E-state index contributed by atoms with van der Waals surface area (Å²) in [7, 11) is 0. The molecule has 130 heavy (non-hydrogen) atoms. The van der Waals surface area contributed by atoms with Gasteiger partial charge >= 0.3 is 0 Å². The Bertz CT molecular complexity index is 9510. The highest BCUT2D eigenvalue weighted by Gasteiger charge is 2.29. The Morgan fingerprint density at radius 2 is 0.477 bits per heavy atom. The first-order chi connectivity index (χ1) is 64.5. The number of nitrogens with zero attached hydrogens (tertiary/aromatic N) is 6. The van der Waals surface area contributed by atoms with Crippen molar-refractivity contribution in [3.63, 3.8) is 0 Å². The molecule has 0 unspecified atom stereocenters. The van der Waals surface area contributed by atoms with Gasteiger partial charge in [0.05, 0.1) is 65.7 Å². The fraction of sp³-hybridized carbons (Fsp3) is 0. The maximum absolute atomic E-state index is 7.68. The van der Waals surface area contributed by atoms with Crippen molar-refractivity contribution in [3.8, 4) is 56.1 Å². The number of para-hydroxylation sites is 8. The molecule has 10 heteroatoms. The number of rotatable bonds is 13. The third-order valence-electron chi connectivity index (χ3n) is 27.1. The predicted molar refractivity (Wildman–Crippen MR) is 539 cm³/mol. The molecule has 0 amide bonds. The average molecular weight is 1660 g/mol. The van der Waals surface area contributed by atoms with E-state index in [9.17, 15) is 0 Å². The summed E-state index contributed by atoms with van der Waals surface area (Å²) in [6.45, 7) is 0. The Balaban J connectivity index is 0.588. The van der Waals surface area contributed by atoms with Crippen molar-refractivity contribution in [1.82, 2.24) is 18.3 Å². The van der Waals surface area contributed by atoms with Gasteiger partial charge in [-0.3, -0.25) is 0 Å². The van der Waals surface area contributed by atoms with Crippen molar-refractivity contribution in [1.29, 1.82) is 0 Å². The molecular formula is C120H72N6O4. The second-order valence-corrected chi connectivity index (χ2v) is 34.2. The van der Waals surface area contributed by atoms with Crippen LogP contribution in [0.25, 0.3) is 231 Å². The summed E-state index contributed by atoms with van der Waals surface area (Å²) < 4.78 is 38.3. The molecule has 0 saturated carbocycles. The van der Waals surface area contributed by atoms with Crippen molar-refractivity contribution < 1.29 is 17.7 Å². The molecule has 0 aliphatic rings. The van der Waals surface area contributed by atoms with E-state index in [0.29, 0.717) is 0 Å². The molecule has 0 atom stereocenters. The number of furan rings is 4. The number of hydrogen-bond donors (Lipinski definition) is 0. The van der Waals surface area contributed by atoms with Crippen LogP contribution in [0.5, 0.6) is 0 Å². The Morgan fingerprint density at radius 1 is 0.146 bits per heavy atom. The normalized spacial score (nSPS) is 12.2. The molecule has 0 saturated heterocycles. The SMILES string of the molecule is c1ccc(-c2ccc(N(c3ccccc3)c3ccc(-n4c5ccccc5c5c6oc7c(ccc8c7c7cc(-c9ccc%10oc%11cc(-c%12cc(N(c%13ccccc%13)c%13ccccc%13)cc(-n%13c%14ccccc%14c%14c%15oc%16c(ccc%17c%16c%16ccccc%16n%17-c%16ccccc%16)c%15ccc%14%13)c%12)ccc%11c%10c9)ccc7n8-c7ccc8oc9ccccc9c8c7)c6ccc54)cc3)cc2)cc1. The van der Waals surface area contributed by atoms with Gasteiger partial charge in [-0.1, -0.05) is 206 Å². The third-order valence-corrected chi connectivity index (χ3v) is 27.1. The van der Waals surface area contributed by atoms with Gasteiger partial charge in [0.1, 0.15) is 44.7 Å². The topological polar surface area (TPSA) is 78.8 Å². The van der Waals surface area contributed by atoms with Gasteiger partial charge in [-0.25, -0.2) is 0 Å². The van der Waals surface area contributed by atoms with Gasteiger partial charge in [-0.15, -0.1) is 0 Å². The number of anilines is 6. The molecule has 606 valence electrons. The zero-order valence-corrected chi connectivity index (χ0v) is 69.9. The molecular weight excluding hydrogens is 1590 g/mol. The van der Waals surface area contributed by atoms with E-state index in [2.05, 4.69) is 453 Å². The molecule has 0 fully saturated rings. The first kappa shape index (κ1) is 71.8. The van der Waals surface area contributed by atoms with Gasteiger partial charge in [0.25, 0.3) is 0 Å². The molecule has 0 radical (unpaired) electrons. The molecule has 10 nitrogen and oxygen atoms in total. The monoisotopic (exact) mass is 1660 g/mol. The molecule has 0 bridgehead atoms. The highest BCUT2D eigenvalue weighted by Crippen LogP contribution is 2.51. The second-order valence-electron chi connectivity index (χ2n) is 34.2. The van der Waals surface area contributed by atoms with Crippen LogP contribution in [0.1, 0.15) is 0 Å². The van der Waals surface area contributed by atoms with E-state index in [-0.39, 0.29) is 0 Å². The highest BCUT2D eigenvalue weighted by atomic mass is 16.3. The maximum Gasteiger partial charge on any atom is 0.145 e. The van der Waals surface area contributed by atoms with Crippen molar-refractivity contribution in [2.24, 2.45) is 0 Å². The lowest BCUT2D eigenvalue weighted by molar-refractivity contribution is 0.668. The summed E-state index contributed by atoms with van der Waals surface area (Å²) in [6, 6.07) is 158. The smallest absolute Gasteiger partial charge is 0.145 e. The minimum atomic E-state index is 0.792. The minimum absolute atomic E-state index is 0.792. The Labute approximate surface area is 742 Å². The lowest BCUT2D eigenvalue weighted by atomic mass is 9.99. The van der Waals surface area contributed by atoms with Crippen molar-refractivity contribution >= 4 is 209 Å². The molecule has 28 aromatic rings. The van der Waals surface area contributed by atoms with Crippen LogP contribution >= 0.6 is 0 Å². The third kappa shape index (κ3) is 10.8. The quantitative estimate of drug-likeness (QED) is 0.114. The summed E-state index contributed by atoms with van der Waals surface area (Å²) in [4.78, 5) is 4.69. The Hall–Kier alpha value is -17.6. The summed E-state index contributed by atoms with van der Waals surface area (Å²) in [5.41, 5.74) is 32.3. The van der Waals surface area contributed by atoms with Crippen molar-refractivity contribution in [2.45, 2.75) is 0 Å². The fourth-order valence-electron chi connectivity index (χ4n) is 21.3. The van der Waals surface area contributed by atoms with E-state index in [1.54, 1.807) is 0 Å². The molecule has 0 spiro atoms. The first-order valence-corrected chi connectivity index (χ1v) is 44.2. The zero-order chi connectivity index (χ0) is 84.9. The van der Waals surface area contributed by atoms with Gasteiger partial charge in [-0.05, 0) is 264 Å². The Kier molecular flexibility index (Phi) is 15.4. The molecule has 0 aliphatic heterocycles. The summed E-state index contributed by atoms with van der Waals surface area (Å²) in [5.74, 6) is 0. The van der Waals surface area contributed by atoms with E-state index in [1.807, 2.05) is 12.1 Å². The molecule has 8 aromatic heterocycles. The lowest BCUT2D eigenvalue weighted by Gasteiger charge is -2.27. The van der Waals surface area contributed by atoms with Crippen LogP contribution in [0, 0.1) is 0 Å². The minimum Gasteiger partial charge on any atom is -0.456 e. The first-order valence-electron chi connectivity index (χ1n) is 44.2. The van der Waals surface area contributed by atoms with Gasteiger partial charge in [-0.2, -0.15) is 0 Å². The van der Waals surface area contributed by atoms with Crippen LogP contribution in [0.2, 0.25) is 0 Å². The van der Waals surface area contributed by atoms with E-state index in [4.69, 9.17) is 17.7 Å². The molecule has 0 N–H and O–H groups in total. The van der Waals surface area contributed by atoms with Crippen LogP contribution in [-0.4, -0.2) is 18.3 Å². The van der Waals surface area contributed by atoms with Crippen LogP contribution < -0.4 is 9.80 Å². The van der Waals surface area contributed by atoms with Gasteiger partial charge in [0.15, 0.2) is 0 Å². The Morgan fingerprint density at radius 3 is 1.02 bits per heavy atom. The standard InChI is InChI=1S/C120H72N6O4/c1-6-24-73(25-7-1)74-42-47-83(48-43-74)121(79-26-8-2-9-27-79)84-49-51-85(52-50-84)124-102-39-21-17-36-96(102)114-106(124)61-56-93-94-58-63-108-116(120(94)130-118(93)114)100-69-75(45-59-104(100)125(108)86-53-65-111-99(72-86)89-34-19-23-41-109(89)127-111)76-46-64-110-98(68-76)90-54-44-77(70-112(90)128-110)78-66-87(122(80-28-10-3-11-29-80)81-30-12-4-13-31-81)71-88(67-78)126-103-40-22-18-37-97(103)115-107(126)62-57-92-91-55-60-105-113(117(91)129-119(92)115)95-35-16-20-38-101(95)123(105)82-32-14-5-15-33-82/h1-72H. The average Bonchev–Trinajstić information content (AvgIpc) is 1.54. The van der Waals surface area contributed by atoms with Gasteiger partial charge in [0.2, 0.25) is 0 Å². The van der Waals surface area contributed by atoms with Crippen LogP contribution in [0.15, 0.2) is 454 Å². The van der Waals surface area contributed by atoms with Gasteiger partial charge < -0.3 is 45.7 Å².